The number of fused-ring (bicyclic) bond motifs is 1. The molecule has 0 radical (unpaired) electrons. The molecule has 6 heteroatoms. The van der Waals surface area contributed by atoms with Crippen LogP contribution in [0.25, 0.3) is 10.2 Å². The Balaban J connectivity index is 2.89. The van der Waals surface area contributed by atoms with Gasteiger partial charge in [0, 0.05) is 18.5 Å². The molecule has 2 aromatic heterocycles. The Hall–Kier alpha value is -1.40. The van der Waals surface area contributed by atoms with E-state index in [1.165, 1.54) is 15.9 Å². The summed E-state index contributed by atoms with van der Waals surface area (Å²) in [6.07, 6.45) is 0. The number of rotatable bonds is 4. The van der Waals surface area contributed by atoms with Crippen molar-refractivity contribution in [3.05, 3.63) is 31.3 Å². The Bertz CT molecular complexity index is 724. The minimum Gasteiger partial charge on any atom is -0.383 e. The minimum atomic E-state index is -0.252. The predicted molar refractivity (Wildman–Crippen MR) is 77.4 cm³/mol. The smallest absolute Gasteiger partial charge is 0.332 e. The van der Waals surface area contributed by atoms with Gasteiger partial charge in [-0.15, -0.1) is 11.3 Å². The van der Waals surface area contributed by atoms with Crippen LogP contribution in [-0.2, 0) is 17.8 Å². The van der Waals surface area contributed by atoms with E-state index >= 15 is 0 Å². The van der Waals surface area contributed by atoms with Gasteiger partial charge in [0.25, 0.3) is 5.56 Å². The molecule has 0 saturated heterocycles. The van der Waals surface area contributed by atoms with Gasteiger partial charge in [-0.25, -0.2) is 4.79 Å². The molecule has 104 valence electrons. The van der Waals surface area contributed by atoms with Crippen LogP contribution in [0.3, 0.4) is 0 Å². The highest BCUT2D eigenvalue weighted by molar-refractivity contribution is 7.18. The number of methoxy groups -OCH3 is 1. The topological polar surface area (TPSA) is 53.2 Å². The minimum absolute atomic E-state index is 0.182. The third-order valence-electron chi connectivity index (χ3n) is 3.37. The molecule has 0 saturated carbocycles. The molecular weight excluding hydrogens is 264 g/mol. The summed E-state index contributed by atoms with van der Waals surface area (Å²) in [7, 11) is 1.60. The molecule has 0 unspecified atom stereocenters. The van der Waals surface area contributed by atoms with Crippen molar-refractivity contribution in [3.8, 4) is 0 Å². The third kappa shape index (κ3) is 2.15. The van der Waals surface area contributed by atoms with Crippen molar-refractivity contribution in [2.45, 2.75) is 33.9 Å². The maximum Gasteiger partial charge on any atom is 0.332 e. The van der Waals surface area contributed by atoms with E-state index in [1.54, 1.807) is 11.7 Å². The van der Waals surface area contributed by atoms with Crippen LogP contribution in [-0.4, -0.2) is 22.9 Å². The molecule has 0 spiro atoms. The van der Waals surface area contributed by atoms with Crippen LogP contribution >= 0.6 is 11.3 Å². The highest BCUT2D eigenvalue weighted by Gasteiger charge is 2.17. The summed E-state index contributed by atoms with van der Waals surface area (Å²) in [5, 5.41) is 0.667. The molecule has 2 heterocycles. The highest BCUT2D eigenvalue weighted by Crippen LogP contribution is 2.26. The lowest BCUT2D eigenvalue weighted by molar-refractivity contribution is 0.186. The van der Waals surface area contributed by atoms with Crippen molar-refractivity contribution in [1.29, 1.82) is 0 Å². The fourth-order valence-corrected chi connectivity index (χ4v) is 3.33. The van der Waals surface area contributed by atoms with E-state index in [0.29, 0.717) is 25.1 Å². The Morgan fingerprint density at radius 2 is 1.89 bits per heavy atom. The number of hydrogen-bond donors (Lipinski definition) is 0. The maximum atomic E-state index is 12.4. The SMILES string of the molecule is CCn1c(=O)c2c(C)c(C)sc2n(CCOC)c1=O. The lowest BCUT2D eigenvalue weighted by Crippen LogP contribution is -2.39. The lowest BCUT2D eigenvalue weighted by Gasteiger charge is -2.10. The maximum absolute atomic E-state index is 12.4. The summed E-state index contributed by atoms with van der Waals surface area (Å²) in [4.78, 5) is 26.5. The molecule has 0 bridgehead atoms. The van der Waals surface area contributed by atoms with Gasteiger partial charge >= 0.3 is 5.69 Å². The molecule has 5 nitrogen and oxygen atoms in total. The average Bonchev–Trinajstić information content (AvgIpc) is 2.66. The van der Waals surface area contributed by atoms with Crippen LogP contribution in [0, 0.1) is 13.8 Å². The van der Waals surface area contributed by atoms with Gasteiger partial charge in [0.2, 0.25) is 0 Å². The summed E-state index contributed by atoms with van der Waals surface area (Å²) in [5.41, 5.74) is 0.537. The Labute approximate surface area is 115 Å². The van der Waals surface area contributed by atoms with Gasteiger partial charge in [0.15, 0.2) is 0 Å². The Morgan fingerprint density at radius 1 is 1.21 bits per heavy atom. The van der Waals surface area contributed by atoms with Gasteiger partial charge in [-0.2, -0.15) is 0 Å². The fraction of sp³-hybridized carbons (Fsp3) is 0.538. The molecule has 0 amide bonds. The molecule has 0 aliphatic heterocycles. The van der Waals surface area contributed by atoms with Gasteiger partial charge in [0.1, 0.15) is 4.83 Å². The first-order valence-electron chi connectivity index (χ1n) is 6.25. The second-order valence-electron chi connectivity index (χ2n) is 4.44. The second kappa shape index (κ2) is 5.30. The zero-order chi connectivity index (χ0) is 14.2. The number of thiophene rings is 1. The fourth-order valence-electron chi connectivity index (χ4n) is 2.16. The van der Waals surface area contributed by atoms with Gasteiger partial charge in [-0.1, -0.05) is 0 Å². The van der Waals surface area contributed by atoms with Crippen LogP contribution in [0.15, 0.2) is 9.59 Å². The molecule has 2 rings (SSSR count). The van der Waals surface area contributed by atoms with E-state index in [2.05, 4.69) is 0 Å². The highest BCUT2D eigenvalue weighted by atomic mass is 32.1. The third-order valence-corrected chi connectivity index (χ3v) is 4.60. The molecule has 0 fully saturated rings. The number of hydrogen-bond acceptors (Lipinski definition) is 4. The van der Waals surface area contributed by atoms with Crippen LogP contribution < -0.4 is 11.2 Å². The number of ether oxygens (including phenoxy) is 1. The Kier molecular flexibility index (Phi) is 3.91. The Morgan fingerprint density at radius 3 is 2.47 bits per heavy atom. The number of aromatic nitrogens is 2. The summed E-state index contributed by atoms with van der Waals surface area (Å²) < 4.78 is 7.98. The predicted octanol–water partition coefficient (Wildman–Crippen LogP) is 1.51. The van der Waals surface area contributed by atoms with Crippen molar-refractivity contribution in [1.82, 2.24) is 9.13 Å². The van der Waals surface area contributed by atoms with Crippen molar-refractivity contribution >= 4 is 21.6 Å². The van der Waals surface area contributed by atoms with Crippen molar-refractivity contribution in [3.63, 3.8) is 0 Å². The molecule has 0 atom stereocenters. The summed E-state index contributed by atoms with van der Waals surface area (Å²) >= 11 is 1.50. The van der Waals surface area contributed by atoms with Gasteiger partial charge in [-0.3, -0.25) is 13.9 Å². The molecule has 0 N–H and O–H groups in total. The van der Waals surface area contributed by atoms with Crippen molar-refractivity contribution < 1.29 is 4.74 Å². The zero-order valence-corrected chi connectivity index (χ0v) is 12.5. The summed E-state index contributed by atoms with van der Waals surface area (Å²) in [5.74, 6) is 0. The van der Waals surface area contributed by atoms with Crippen molar-refractivity contribution in [2.24, 2.45) is 0 Å². The molecule has 0 aliphatic carbocycles. The first-order valence-corrected chi connectivity index (χ1v) is 7.06. The standard InChI is InChI=1S/C13H18N2O3S/c1-5-14-11(16)10-8(2)9(3)19-12(10)15(13(14)17)6-7-18-4/h5-7H2,1-4H3. The van der Waals surface area contributed by atoms with E-state index in [-0.39, 0.29) is 11.2 Å². The summed E-state index contributed by atoms with van der Waals surface area (Å²) in [6, 6.07) is 0. The van der Waals surface area contributed by atoms with E-state index in [0.717, 1.165) is 15.3 Å². The van der Waals surface area contributed by atoms with Gasteiger partial charge in [0.05, 0.1) is 18.5 Å². The molecule has 19 heavy (non-hydrogen) atoms. The first-order chi connectivity index (χ1) is 9.02. The van der Waals surface area contributed by atoms with Gasteiger partial charge < -0.3 is 4.74 Å². The average molecular weight is 282 g/mol. The van der Waals surface area contributed by atoms with E-state index < -0.39 is 0 Å². The molecule has 0 aromatic carbocycles. The second-order valence-corrected chi connectivity index (χ2v) is 5.64. The first kappa shape index (κ1) is 14.0. The van der Waals surface area contributed by atoms with Gasteiger partial charge in [-0.05, 0) is 26.3 Å². The van der Waals surface area contributed by atoms with Crippen LogP contribution in [0.4, 0.5) is 0 Å². The number of aryl methyl sites for hydroxylation is 2. The lowest BCUT2D eigenvalue weighted by atomic mass is 10.2. The monoisotopic (exact) mass is 282 g/mol. The largest absolute Gasteiger partial charge is 0.383 e. The normalized spacial score (nSPS) is 11.4. The van der Waals surface area contributed by atoms with E-state index in [4.69, 9.17) is 4.74 Å². The molecular formula is C13H18N2O3S. The van der Waals surface area contributed by atoms with Crippen molar-refractivity contribution in [2.75, 3.05) is 13.7 Å². The van der Waals surface area contributed by atoms with Crippen LogP contribution in [0.1, 0.15) is 17.4 Å². The van der Waals surface area contributed by atoms with Crippen LogP contribution in [0.5, 0.6) is 0 Å². The summed E-state index contributed by atoms with van der Waals surface area (Å²) in [6.45, 7) is 7.01. The quantitative estimate of drug-likeness (QED) is 0.854. The molecule has 2 aromatic rings. The zero-order valence-electron chi connectivity index (χ0n) is 11.6. The molecule has 0 aliphatic rings. The number of nitrogens with zero attached hydrogens (tertiary/aromatic N) is 2. The van der Waals surface area contributed by atoms with E-state index in [9.17, 15) is 9.59 Å². The van der Waals surface area contributed by atoms with Crippen LogP contribution in [0.2, 0.25) is 0 Å². The van der Waals surface area contributed by atoms with E-state index in [1.807, 2.05) is 20.8 Å².